The zero-order valence-electron chi connectivity index (χ0n) is 10.9. The predicted molar refractivity (Wildman–Crippen MR) is 81.7 cm³/mol. The molecule has 1 atom stereocenters. The standard InChI is InChI=1S/C15H12BrFN2O2/c16-10-7-13-12(18-15(21)19-13)6-9(10)14(20)5-8-3-1-2-4-11(8)17/h1-4,6-7,14,20H,5H2,(H2,18,19,21). The average Bonchev–Trinajstić information content (AvgIpc) is 2.79. The highest BCUT2D eigenvalue weighted by molar-refractivity contribution is 9.10. The van der Waals surface area contributed by atoms with Crippen molar-refractivity contribution in [3.63, 3.8) is 0 Å². The lowest BCUT2D eigenvalue weighted by Gasteiger charge is -2.13. The molecule has 6 heteroatoms. The molecule has 0 saturated heterocycles. The maximum atomic E-state index is 13.6. The number of aliphatic hydroxyl groups excluding tert-OH is 1. The number of imidazole rings is 1. The van der Waals surface area contributed by atoms with E-state index in [1.165, 1.54) is 6.07 Å². The van der Waals surface area contributed by atoms with Gasteiger partial charge in [0, 0.05) is 10.9 Å². The van der Waals surface area contributed by atoms with Crippen LogP contribution in [0.1, 0.15) is 17.2 Å². The molecule has 21 heavy (non-hydrogen) atoms. The second-order valence-electron chi connectivity index (χ2n) is 4.81. The Morgan fingerprint density at radius 1 is 1.19 bits per heavy atom. The number of aliphatic hydroxyl groups is 1. The Bertz CT molecular complexity index is 856. The van der Waals surface area contributed by atoms with E-state index in [0.717, 1.165) is 0 Å². The topological polar surface area (TPSA) is 68.9 Å². The van der Waals surface area contributed by atoms with Gasteiger partial charge in [-0.2, -0.15) is 0 Å². The van der Waals surface area contributed by atoms with Crippen LogP contribution in [-0.2, 0) is 6.42 Å². The number of aromatic amines is 2. The van der Waals surface area contributed by atoms with E-state index in [9.17, 15) is 14.3 Å². The lowest BCUT2D eigenvalue weighted by Crippen LogP contribution is -2.04. The highest BCUT2D eigenvalue weighted by Gasteiger charge is 2.16. The molecule has 4 nitrogen and oxygen atoms in total. The quantitative estimate of drug-likeness (QED) is 0.679. The smallest absolute Gasteiger partial charge is 0.323 e. The van der Waals surface area contributed by atoms with Crippen LogP contribution in [-0.4, -0.2) is 15.1 Å². The molecule has 0 aliphatic carbocycles. The fraction of sp³-hybridized carbons (Fsp3) is 0.133. The summed E-state index contributed by atoms with van der Waals surface area (Å²) in [5.41, 5.74) is 1.98. The molecule has 0 radical (unpaired) electrons. The Kier molecular flexibility index (Phi) is 3.65. The van der Waals surface area contributed by atoms with Crippen LogP contribution >= 0.6 is 15.9 Å². The molecular weight excluding hydrogens is 339 g/mol. The van der Waals surface area contributed by atoms with Crippen molar-refractivity contribution in [2.45, 2.75) is 12.5 Å². The van der Waals surface area contributed by atoms with Crippen LogP contribution in [0.3, 0.4) is 0 Å². The van der Waals surface area contributed by atoms with E-state index in [4.69, 9.17) is 0 Å². The van der Waals surface area contributed by atoms with Crippen molar-refractivity contribution in [2.24, 2.45) is 0 Å². The molecule has 3 N–H and O–H groups in total. The largest absolute Gasteiger partial charge is 0.388 e. The average molecular weight is 351 g/mol. The molecule has 0 fully saturated rings. The number of fused-ring (bicyclic) bond motifs is 1. The molecular formula is C15H12BrFN2O2. The van der Waals surface area contributed by atoms with Gasteiger partial charge >= 0.3 is 5.69 Å². The molecule has 0 saturated carbocycles. The number of hydrogen-bond acceptors (Lipinski definition) is 2. The minimum Gasteiger partial charge on any atom is -0.388 e. The summed E-state index contributed by atoms with van der Waals surface area (Å²) in [5, 5.41) is 10.3. The van der Waals surface area contributed by atoms with Crippen LogP contribution in [0.5, 0.6) is 0 Å². The number of hydrogen-bond donors (Lipinski definition) is 3. The molecule has 0 aliphatic heterocycles. The molecule has 1 unspecified atom stereocenters. The Morgan fingerprint density at radius 2 is 1.86 bits per heavy atom. The van der Waals surface area contributed by atoms with Crippen LogP contribution in [0.4, 0.5) is 4.39 Å². The van der Waals surface area contributed by atoms with Gasteiger partial charge in [-0.1, -0.05) is 34.1 Å². The molecule has 0 aliphatic rings. The first kappa shape index (κ1) is 14.0. The second kappa shape index (κ2) is 5.46. The van der Waals surface area contributed by atoms with Crippen molar-refractivity contribution < 1.29 is 9.50 Å². The monoisotopic (exact) mass is 350 g/mol. The summed E-state index contributed by atoms with van der Waals surface area (Å²) in [4.78, 5) is 16.6. The van der Waals surface area contributed by atoms with Gasteiger partial charge in [-0.3, -0.25) is 0 Å². The van der Waals surface area contributed by atoms with Crippen LogP contribution in [0, 0.1) is 5.82 Å². The Balaban J connectivity index is 1.97. The molecule has 3 rings (SSSR count). The van der Waals surface area contributed by atoms with E-state index in [-0.39, 0.29) is 17.9 Å². The SMILES string of the molecule is O=c1[nH]c2cc(Br)c(C(O)Cc3ccccc3F)cc2[nH]1. The number of aromatic nitrogens is 2. The first-order valence-electron chi connectivity index (χ1n) is 6.37. The van der Waals surface area contributed by atoms with Gasteiger partial charge in [0.15, 0.2) is 0 Å². The third kappa shape index (κ3) is 2.77. The second-order valence-corrected chi connectivity index (χ2v) is 5.66. The van der Waals surface area contributed by atoms with E-state index >= 15 is 0 Å². The van der Waals surface area contributed by atoms with Crippen LogP contribution < -0.4 is 5.69 Å². The molecule has 0 bridgehead atoms. The van der Waals surface area contributed by atoms with Gasteiger partial charge in [-0.25, -0.2) is 9.18 Å². The van der Waals surface area contributed by atoms with Crippen molar-refractivity contribution in [1.29, 1.82) is 0 Å². The Labute approximate surface area is 127 Å². The van der Waals surface area contributed by atoms with Gasteiger partial charge in [0.1, 0.15) is 5.82 Å². The molecule has 1 aromatic heterocycles. The highest BCUT2D eigenvalue weighted by Crippen LogP contribution is 2.29. The fourth-order valence-corrected chi connectivity index (χ4v) is 2.92. The Morgan fingerprint density at radius 3 is 2.57 bits per heavy atom. The van der Waals surface area contributed by atoms with E-state index in [2.05, 4.69) is 25.9 Å². The van der Waals surface area contributed by atoms with E-state index in [1.807, 2.05) is 0 Å². The van der Waals surface area contributed by atoms with Gasteiger partial charge < -0.3 is 15.1 Å². The summed E-state index contributed by atoms with van der Waals surface area (Å²) in [7, 11) is 0. The minimum atomic E-state index is -0.876. The normalized spacial score (nSPS) is 12.7. The molecule has 108 valence electrons. The van der Waals surface area contributed by atoms with Gasteiger partial charge in [0.05, 0.1) is 17.1 Å². The van der Waals surface area contributed by atoms with Crippen molar-refractivity contribution >= 4 is 27.0 Å². The summed E-state index contributed by atoms with van der Waals surface area (Å²) < 4.78 is 14.3. The van der Waals surface area contributed by atoms with E-state index in [0.29, 0.717) is 26.6 Å². The van der Waals surface area contributed by atoms with Crippen molar-refractivity contribution in [3.8, 4) is 0 Å². The Hall–Kier alpha value is -1.92. The van der Waals surface area contributed by atoms with Crippen LogP contribution in [0.15, 0.2) is 45.7 Å². The van der Waals surface area contributed by atoms with E-state index < -0.39 is 6.10 Å². The minimum absolute atomic E-state index is 0.158. The van der Waals surface area contributed by atoms with Crippen molar-refractivity contribution in [2.75, 3.05) is 0 Å². The van der Waals surface area contributed by atoms with Gasteiger partial charge in [-0.15, -0.1) is 0 Å². The molecule has 3 aromatic rings. The first-order valence-corrected chi connectivity index (χ1v) is 7.17. The summed E-state index contributed by atoms with van der Waals surface area (Å²) in [6.45, 7) is 0. The highest BCUT2D eigenvalue weighted by atomic mass is 79.9. The number of halogens is 2. The van der Waals surface area contributed by atoms with E-state index in [1.54, 1.807) is 30.3 Å². The lowest BCUT2D eigenvalue weighted by molar-refractivity contribution is 0.176. The number of benzene rings is 2. The summed E-state index contributed by atoms with van der Waals surface area (Å²) in [6.07, 6.45) is -0.718. The van der Waals surface area contributed by atoms with Crippen LogP contribution in [0.2, 0.25) is 0 Å². The molecule has 2 aromatic carbocycles. The third-order valence-electron chi connectivity index (χ3n) is 3.36. The predicted octanol–water partition coefficient (Wildman–Crippen LogP) is 3.03. The fourth-order valence-electron chi connectivity index (χ4n) is 2.31. The van der Waals surface area contributed by atoms with Gasteiger partial charge in [0.2, 0.25) is 0 Å². The molecule has 1 heterocycles. The maximum Gasteiger partial charge on any atom is 0.323 e. The number of rotatable bonds is 3. The zero-order valence-corrected chi connectivity index (χ0v) is 12.4. The molecule has 0 spiro atoms. The van der Waals surface area contributed by atoms with Gasteiger partial charge in [0.25, 0.3) is 0 Å². The molecule has 0 amide bonds. The number of nitrogens with one attached hydrogen (secondary N) is 2. The lowest BCUT2D eigenvalue weighted by atomic mass is 10.0. The van der Waals surface area contributed by atoms with Gasteiger partial charge in [-0.05, 0) is 29.3 Å². The summed E-state index contributed by atoms with van der Waals surface area (Å²) in [6, 6.07) is 9.74. The zero-order chi connectivity index (χ0) is 15.0. The summed E-state index contributed by atoms with van der Waals surface area (Å²) in [5.74, 6) is -0.344. The van der Waals surface area contributed by atoms with Crippen molar-refractivity contribution in [3.05, 3.63) is 68.3 Å². The summed E-state index contributed by atoms with van der Waals surface area (Å²) >= 11 is 3.37. The third-order valence-corrected chi connectivity index (χ3v) is 4.05. The van der Waals surface area contributed by atoms with Crippen molar-refractivity contribution in [1.82, 2.24) is 9.97 Å². The van der Waals surface area contributed by atoms with Crippen LogP contribution in [0.25, 0.3) is 11.0 Å². The first-order chi connectivity index (χ1) is 10.0. The number of H-pyrrole nitrogens is 2. The maximum absolute atomic E-state index is 13.6.